The van der Waals surface area contributed by atoms with Crippen molar-refractivity contribution in [1.29, 1.82) is 0 Å². The molecule has 148 valence electrons. The van der Waals surface area contributed by atoms with E-state index >= 15 is 0 Å². The van der Waals surface area contributed by atoms with Crippen molar-refractivity contribution in [1.82, 2.24) is 0 Å². The molecule has 1 nitrogen and oxygen atoms in total. The minimum atomic E-state index is 0.306. The predicted octanol–water partition coefficient (Wildman–Crippen LogP) is 6.51. The first-order chi connectivity index (χ1) is 11.3. The summed E-state index contributed by atoms with van der Waals surface area (Å²) in [5.74, 6) is 1.75. The van der Waals surface area contributed by atoms with Gasteiger partial charge in [0.15, 0.2) is 5.50 Å². The molecule has 0 saturated heterocycles. The Labute approximate surface area is 159 Å². The Balaban J connectivity index is 0. The smallest absolute Gasteiger partial charge is 0.162 e. The third kappa shape index (κ3) is 24.5. The van der Waals surface area contributed by atoms with E-state index in [0.29, 0.717) is 5.50 Å². The summed E-state index contributed by atoms with van der Waals surface area (Å²) >= 11 is 6.14. The maximum atomic E-state index is 6.14. The first-order valence-electron chi connectivity index (χ1n) is 10.5. The minimum absolute atomic E-state index is 0.306. The zero-order valence-electron chi connectivity index (χ0n) is 17.8. The SMILES string of the molecule is CC(C)CCCCCCC(Cl)[NH+](C)C.[CH2-]CCCCCCC(C)C. The molecular formula is C22H48ClN. The van der Waals surface area contributed by atoms with Gasteiger partial charge in [0.25, 0.3) is 0 Å². The summed E-state index contributed by atoms with van der Waals surface area (Å²) in [7, 11) is 4.24. The minimum Gasteiger partial charge on any atom is -0.343 e. The number of hydrogen-bond donors (Lipinski definition) is 1. The Morgan fingerprint density at radius 2 is 1.04 bits per heavy atom. The number of nitrogens with one attached hydrogen (secondary N) is 1. The highest BCUT2D eigenvalue weighted by Gasteiger charge is 2.08. The lowest BCUT2D eigenvalue weighted by molar-refractivity contribution is -0.871. The number of alkyl halides is 1. The molecule has 1 N–H and O–H groups in total. The van der Waals surface area contributed by atoms with Crippen LogP contribution in [0.2, 0.25) is 0 Å². The van der Waals surface area contributed by atoms with Gasteiger partial charge in [0.05, 0.1) is 14.1 Å². The summed E-state index contributed by atoms with van der Waals surface area (Å²) in [6, 6.07) is 0. The molecule has 1 atom stereocenters. The Kier molecular flexibility index (Phi) is 21.6. The van der Waals surface area contributed by atoms with E-state index in [2.05, 4.69) is 48.7 Å². The van der Waals surface area contributed by atoms with Crippen molar-refractivity contribution in [3.05, 3.63) is 6.92 Å². The van der Waals surface area contributed by atoms with E-state index < -0.39 is 0 Å². The molecule has 0 aromatic rings. The molecule has 24 heavy (non-hydrogen) atoms. The molecule has 0 amide bonds. The second kappa shape index (κ2) is 19.6. The van der Waals surface area contributed by atoms with Crippen LogP contribution in [0.1, 0.15) is 105 Å². The Bertz CT molecular complexity index is 226. The summed E-state index contributed by atoms with van der Waals surface area (Å²) < 4.78 is 0. The van der Waals surface area contributed by atoms with Crippen molar-refractivity contribution in [3.8, 4) is 0 Å². The highest BCUT2D eigenvalue weighted by molar-refractivity contribution is 6.19. The Morgan fingerprint density at radius 1 is 0.667 bits per heavy atom. The number of halogens is 1. The van der Waals surface area contributed by atoms with Crippen LogP contribution in [-0.4, -0.2) is 19.6 Å². The monoisotopic (exact) mass is 361 g/mol. The molecular weight excluding hydrogens is 314 g/mol. The molecule has 0 aliphatic heterocycles. The van der Waals surface area contributed by atoms with E-state index in [0.717, 1.165) is 24.7 Å². The van der Waals surface area contributed by atoms with Crippen LogP contribution >= 0.6 is 11.6 Å². The van der Waals surface area contributed by atoms with Crippen LogP contribution < -0.4 is 4.90 Å². The van der Waals surface area contributed by atoms with Gasteiger partial charge in [0, 0.05) is 6.42 Å². The van der Waals surface area contributed by atoms with Crippen molar-refractivity contribution in [2.45, 2.75) is 110 Å². The average Bonchev–Trinajstić information content (AvgIpc) is 2.50. The third-order valence-corrected chi connectivity index (χ3v) is 5.05. The van der Waals surface area contributed by atoms with Crippen LogP contribution in [0, 0.1) is 18.8 Å². The van der Waals surface area contributed by atoms with Crippen LogP contribution in [0.3, 0.4) is 0 Å². The Morgan fingerprint density at radius 3 is 1.38 bits per heavy atom. The molecule has 0 rings (SSSR count). The molecule has 1 unspecified atom stereocenters. The van der Waals surface area contributed by atoms with Gasteiger partial charge >= 0.3 is 0 Å². The van der Waals surface area contributed by atoms with Gasteiger partial charge in [-0.3, -0.25) is 0 Å². The normalized spacial score (nSPS) is 12.6. The Hall–Kier alpha value is 0.250. The van der Waals surface area contributed by atoms with E-state index in [-0.39, 0.29) is 0 Å². The van der Waals surface area contributed by atoms with Gasteiger partial charge in [-0.25, -0.2) is 0 Å². The topological polar surface area (TPSA) is 4.44 Å². The predicted molar refractivity (Wildman–Crippen MR) is 113 cm³/mol. The highest BCUT2D eigenvalue weighted by Crippen LogP contribution is 2.11. The van der Waals surface area contributed by atoms with Crippen molar-refractivity contribution in [2.24, 2.45) is 11.8 Å². The van der Waals surface area contributed by atoms with Gasteiger partial charge in [-0.1, -0.05) is 97.1 Å². The molecule has 0 bridgehead atoms. The number of quaternary nitrogens is 1. The molecule has 0 fully saturated rings. The van der Waals surface area contributed by atoms with Gasteiger partial charge in [-0.05, 0) is 18.3 Å². The standard InChI is InChI=1S/C12H26ClN.C10H21/c1-11(2)9-7-5-6-8-10-12(13)14(3)4;1-4-5-6-7-8-9-10(2)3/h11-12H,5-10H2,1-4H3;10H,1,4-9H2,2-3H3/q;-1/p+1. The maximum Gasteiger partial charge on any atom is 0.162 e. The van der Waals surface area contributed by atoms with Crippen molar-refractivity contribution in [2.75, 3.05) is 14.1 Å². The third-order valence-electron chi connectivity index (χ3n) is 4.40. The van der Waals surface area contributed by atoms with E-state index in [1.165, 1.54) is 69.1 Å². The number of unbranched alkanes of at least 4 members (excludes halogenated alkanes) is 7. The van der Waals surface area contributed by atoms with Crippen LogP contribution in [0.4, 0.5) is 0 Å². The first-order valence-corrected chi connectivity index (χ1v) is 11.0. The largest absolute Gasteiger partial charge is 0.343 e. The quantitative estimate of drug-likeness (QED) is 0.156. The van der Waals surface area contributed by atoms with E-state index in [1.54, 1.807) is 0 Å². The van der Waals surface area contributed by atoms with E-state index in [4.69, 9.17) is 11.6 Å². The van der Waals surface area contributed by atoms with Crippen LogP contribution in [0.25, 0.3) is 0 Å². The van der Waals surface area contributed by atoms with Gasteiger partial charge in [0.1, 0.15) is 0 Å². The lowest BCUT2D eigenvalue weighted by atomic mass is 10.0. The van der Waals surface area contributed by atoms with Gasteiger partial charge < -0.3 is 11.8 Å². The molecule has 0 aromatic carbocycles. The molecule has 0 aromatic heterocycles. The first kappa shape index (κ1) is 26.5. The highest BCUT2D eigenvalue weighted by atomic mass is 35.5. The van der Waals surface area contributed by atoms with Crippen molar-refractivity contribution >= 4 is 11.6 Å². The zero-order chi connectivity index (χ0) is 18.8. The maximum absolute atomic E-state index is 6.14. The second-order valence-corrected chi connectivity index (χ2v) is 8.91. The zero-order valence-corrected chi connectivity index (χ0v) is 18.6. The fraction of sp³-hybridized carbons (Fsp3) is 0.955. The fourth-order valence-electron chi connectivity index (χ4n) is 2.60. The van der Waals surface area contributed by atoms with Crippen LogP contribution in [-0.2, 0) is 0 Å². The fourth-order valence-corrected chi connectivity index (χ4v) is 2.76. The molecule has 0 saturated carbocycles. The lowest BCUT2D eigenvalue weighted by Crippen LogP contribution is -3.08. The summed E-state index contributed by atoms with van der Waals surface area (Å²) in [6.07, 6.45) is 16.0. The molecule has 0 radical (unpaired) electrons. The van der Waals surface area contributed by atoms with Gasteiger partial charge in [-0.15, -0.1) is 0 Å². The molecule has 0 aliphatic rings. The summed E-state index contributed by atoms with van der Waals surface area (Å²) in [6.45, 7) is 13.0. The van der Waals surface area contributed by atoms with Gasteiger partial charge in [0.2, 0.25) is 0 Å². The molecule has 2 heteroatoms. The van der Waals surface area contributed by atoms with E-state index in [9.17, 15) is 0 Å². The van der Waals surface area contributed by atoms with Crippen LogP contribution in [0.15, 0.2) is 0 Å². The van der Waals surface area contributed by atoms with E-state index in [1.807, 2.05) is 0 Å². The average molecular weight is 362 g/mol. The van der Waals surface area contributed by atoms with Crippen molar-refractivity contribution < 1.29 is 4.90 Å². The summed E-state index contributed by atoms with van der Waals surface area (Å²) in [5, 5.41) is 0. The van der Waals surface area contributed by atoms with Gasteiger partial charge in [-0.2, -0.15) is 6.42 Å². The summed E-state index contributed by atoms with van der Waals surface area (Å²) in [4.78, 5) is 1.36. The van der Waals surface area contributed by atoms with Crippen LogP contribution in [0.5, 0.6) is 0 Å². The molecule has 0 spiro atoms. The molecule has 0 aliphatic carbocycles. The van der Waals surface area contributed by atoms with Crippen molar-refractivity contribution in [3.63, 3.8) is 0 Å². The number of rotatable bonds is 14. The lowest BCUT2D eigenvalue weighted by Gasteiger charge is -2.14. The number of hydrogen-bond acceptors (Lipinski definition) is 0. The molecule has 0 heterocycles. The second-order valence-electron chi connectivity index (χ2n) is 8.38. The summed E-state index contributed by atoms with van der Waals surface area (Å²) in [5.41, 5.74) is 0.306.